The van der Waals surface area contributed by atoms with Crippen molar-refractivity contribution < 1.29 is 24.2 Å². The zero-order valence-corrected chi connectivity index (χ0v) is 12.0. The van der Waals surface area contributed by atoms with Gasteiger partial charge >= 0.3 is 11.9 Å². The minimum absolute atomic E-state index is 0.0509. The van der Waals surface area contributed by atoms with Crippen LogP contribution in [0.15, 0.2) is 24.3 Å². The summed E-state index contributed by atoms with van der Waals surface area (Å²) in [5.41, 5.74) is 0.775. The number of aliphatic carboxylic acids is 1. The zero-order chi connectivity index (χ0) is 14.7. The summed E-state index contributed by atoms with van der Waals surface area (Å²) in [5.74, 6) is -1.19. The Morgan fingerprint density at radius 2 is 2.11 bits per heavy atom. The van der Waals surface area contributed by atoms with Gasteiger partial charge in [0.2, 0.25) is 0 Å². The molecule has 102 valence electrons. The van der Waals surface area contributed by atoms with E-state index in [-0.39, 0.29) is 17.6 Å². The minimum Gasteiger partial charge on any atom is -0.478 e. The van der Waals surface area contributed by atoms with E-state index in [1.54, 1.807) is 0 Å². The van der Waals surface area contributed by atoms with Crippen LogP contribution in [0, 0.1) is 0 Å². The topological polar surface area (TPSA) is 80.7 Å². The number of aldehydes is 1. The van der Waals surface area contributed by atoms with E-state index in [0.29, 0.717) is 17.3 Å². The molecule has 0 saturated carbocycles. The average Bonchev–Trinajstić information content (AvgIpc) is 2.57. The highest BCUT2D eigenvalue weighted by molar-refractivity contribution is 9.09. The van der Waals surface area contributed by atoms with Crippen molar-refractivity contribution in [1.82, 2.24) is 0 Å². The lowest BCUT2D eigenvalue weighted by atomic mass is 10.2. The van der Waals surface area contributed by atoms with Gasteiger partial charge in [-0.2, -0.15) is 0 Å². The summed E-state index contributed by atoms with van der Waals surface area (Å²) in [4.78, 5) is 29.1. The number of cyclic esters (lactones) is 1. The fraction of sp³-hybridized carbons (Fsp3) is 0.417. The van der Waals surface area contributed by atoms with E-state index in [1.807, 2.05) is 6.92 Å². The summed E-state index contributed by atoms with van der Waals surface area (Å²) >= 11 is 2.93. The highest BCUT2D eigenvalue weighted by Crippen LogP contribution is 2.16. The van der Waals surface area contributed by atoms with E-state index in [4.69, 9.17) is 14.6 Å². The second kappa shape index (κ2) is 10.7. The summed E-state index contributed by atoms with van der Waals surface area (Å²) in [6.45, 7) is 10.0. The van der Waals surface area contributed by atoms with E-state index < -0.39 is 5.97 Å². The maximum Gasteiger partial charge on any atom is 0.333 e. The Morgan fingerprint density at radius 3 is 2.17 bits per heavy atom. The molecule has 0 spiro atoms. The second-order valence-electron chi connectivity index (χ2n) is 3.30. The van der Waals surface area contributed by atoms with Crippen LogP contribution in [0.4, 0.5) is 0 Å². The Hall–Kier alpha value is -1.43. The molecule has 6 heteroatoms. The first-order chi connectivity index (χ1) is 8.29. The number of rotatable bonds is 2. The Bertz CT molecular complexity index is 319. The van der Waals surface area contributed by atoms with Crippen molar-refractivity contribution in [2.75, 3.05) is 5.33 Å². The van der Waals surface area contributed by atoms with Gasteiger partial charge in [-0.3, -0.25) is 0 Å². The van der Waals surface area contributed by atoms with Crippen LogP contribution < -0.4 is 0 Å². The predicted molar refractivity (Wildman–Crippen MR) is 71.6 cm³/mol. The molecule has 0 aromatic heterocycles. The number of hydrogen-bond donors (Lipinski definition) is 1. The molecular formula is C12H17BrO5. The quantitative estimate of drug-likeness (QED) is 0.365. The molecule has 1 aliphatic heterocycles. The molecule has 1 N–H and O–H groups in total. The van der Waals surface area contributed by atoms with Crippen LogP contribution in [0.2, 0.25) is 0 Å². The van der Waals surface area contributed by atoms with Gasteiger partial charge in [-0.15, -0.1) is 0 Å². The number of carboxylic acids is 1. The third-order valence-electron chi connectivity index (χ3n) is 1.59. The van der Waals surface area contributed by atoms with Gasteiger partial charge in [0.1, 0.15) is 12.4 Å². The fourth-order valence-electron chi connectivity index (χ4n) is 0.795. The SMILES string of the molecule is C=C(CBr)C(=O)O.C=C1CC(C)OC1=O.CC=O. The lowest BCUT2D eigenvalue weighted by Gasteiger charge is -1.94. The van der Waals surface area contributed by atoms with E-state index in [2.05, 4.69) is 29.1 Å². The van der Waals surface area contributed by atoms with Crippen molar-refractivity contribution in [3.63, 3.8) is 0 Å². The first-order valence-corrected chi connectivity index (χ1v) is 6.17. The van der Waals surface area contributed by atoms with Gasteiger partial charge < -0.3 is 14.6 Å². The van der Waals surface area contributed by atoms with Crippen molar-refractivity contribution >= 4 is 34.2 Å². The van der Waals surface area contributed by atoms with Gasteiger partial charge in [-0.1, -0.05) is 29.1 Å². The number of alkyl halides is 1. The Balaban J connectivity index is 0. The van der Waals surface area contributed by atoms with Crippen LogP contribution in [0.5, 0.6) is 0 Å². The molecule has 0 aromatic rings. The molecule has 18 heavy (non-hydrogen) atoms. The standard InChI is InChI=1S/C6H8O2.C4H5BrO2.C2H4O/c1-4-3-5(2)8-6(4)7;1-3(2-5)4(6)7;1-2-3/h5H,1,3H2,2H3;1-2H2,(H,6,7);2H,1H3. The molecule has 5 nitrogen and oxygen atoms in total. The summed E-state index contributed by atoms with van der Waals surface area (Å²) in [7, 11) is 0. The number of esters is 1. The molecule has 1 atom stereocenters. The normalized spacial score (nSPS) is 16.5. The summed E-state index contributed by atoms with van der Waals surface area (Å²) in [6, 6.07) is 0. The summed E-state index contributed by atoms with van der Waals surface area (Å²) < 4.78 is 4.73. The van der Waals surface area contributed by atoms with Crippen LogP contribution >= 0.6 is 15.9 Å². The highest BCUT2D eigenvalue weighted by Gasteiger charge is 2.22. The van der Waals surface area contributed by atoms with E-state index in [0.717, 1.165) is 6.29 Å². The van der Waals surface area contributed by atoms with Gasteiger partial charge in [0.15, 0.2) is 0 Å². The van der Waals surface area contributed by atoms with E-state index >= 15 is 0 Å². The maximum atomic E-state index is 10.5. The smallest absolute Gasteiger partial charge is 0.333 e. The molecular weight excluding hydrogens is 304 g/mol. The molecule has 0 aliphatic carbocycles. The number of ether oxygens (including phenoxy) is 1. The molecule has 0 bridgehead atoms. The third kappa shape index (κ3) is 9.77. The number of carbonyl (C=O) groups is 3. The molecule has 1 rings (SSSR count). The number of hydrogen-bond acceptors (Lipinski definition) is 4. The van der Waals surface area contributed by atoms with Crippen molar-refractivity contribution in [3.8, 4) is 0 Å². The van der Waals surface area contributed by atoms with E-state index in [1.165, 1.54) is 6.92 Å². The van der Waals surface area contributed by atoms with E-state index in [9.17, 15) is 9.59 Å². The summed E-state index contributed by atoms with van der Waals surface area (Å²) in [5, 5.41) is 8.39. The largest absolute Gasteiger partial charge is 0.478 e. The molecule has 1 aliphatic rings. The van der Waals surface area contributed by atoms with Crippen LogP contribution in [0.1, 0.15) is 20.3 Å². The van der Waals surface area contributed by atoms with Crippen LogP contribution in [-0.4, -0.2) is 34.8 Å². The number of halogens is 1. The molecule has 1 saturated heterocycles. The number of carboxylic acid groups (broad SMARTS) is 1. The lowest BCUT2D eigenvalue weighted by Crippen LogP contribution is -1.99. The Morgan fingerprint density at radius 1 is 1.67 bits per heavy atom. The third-order valence-corrected chi connectivity index (χ3v) is 2.27. The zero-order valence-electron chi connectivity index (χ0n) is 10.4. The average molecular weight is 321 g/mol. The van der Waals surface area contributed by atoms with Gasteiger partial charge in [0.05, 0.1) is 0 Å². The molecule has 0 amide bonds. The van der Waals surface area contributed by atoms with Gasteiger partial charge in [0, 0.05) is 22.9 Å². The lowest BCUT2D eigenvalue weighted by molar-refractivity contribution is -0.138. The predicted octanol–water partition coefficient (Wildman–Crippen LogP) is 2.11. The number of carbonyl (C=O) groups excluding carboxylic acids is 2. The Labute approximate surface area is 115 Å². The van der Waals surface area contributed by atoms with Crippen LogP contribution in [0.3, 0.4) is 0 Å². The van der Waals surface area contributed by atoms with Gasteiger partial charge in [0.25, 0.3) is 0 Å². The monoisotopic (exact) mass is 320 g/mol. The fourth-order valence-corrected chi connectivity index (χ4v) is 1.04. The molecule has 1 fully saturated rings. The van der Waals surface area contributed by atoms with Gasteiger partial charge in [-0.05, 0) is 13.8 Å². The molecule has 1 heterocycles. The van der Waals surface area contributed by atoms with Crippen molar-refractivity contribution in [1.29, 1.82) is 0 Å². The molecule has 0 aromatic carbocycles. The van der Waals surface area contributed by atoms with Crippen molar-refractivity contribution in [2.24, 2.45) is 0 Å². The van der Waals surface area contributed by atoms with Crippen molar-refractivity contribution in [2.45, 2.75) is 26.4 Å². The molecule has 1 unspecified atom stereocenters. The second-order valence-corrected chi connectivity index (χ2v) is 3.86. The first kappa shape index (κ1) is 18.9. The van der Waals surface area contributed by atoms with Crippen LogP contribution in [-0.2, 0) is 19.1 Å². The molecule has 0 radical (unpaired) electrons. The Kier molecular flexibility index (Phi) is 11.3. The van der Waals surface area contributed by atoms with Crippen molar-refractivity contribution in [3.05, 3.63) is 24.3 Å². The summed E-state index contributed by atoms with van der Waals surface area (Å²) in [6.07, 6.45) is 1.49. The highest BCUT2D eigenvalue weighted by atomic mass is 79.9. The maximum absolute atomic E-state index is 10.5. The first-order valence-electron chi connectivity index (χ1n) is 5.05. The van der Waals surface area contributed by atoms with Gasteiger partial charge in [-0.25, -0.2) is 9.59 Å². The van der Waals surface area contributed by atoms with Crippen LogP contribution in [0.25, 0.3) is 0 Å². The minimum atomic E-state index is -0.947.